The molecule has 1 saturated heterocycles. The van der Waals surface area contributed by atoms with E-state index in [0.29, 0.717) is 0 Å². The van der Waals surface area contributed by atoms with Gasteiger partial charge in [-0.2, -0.15) is 0 Å². The number of halogens is 4. The monoisotopic (exact) mass is 535 g/mol. The Balaban J connectivity index is 1.36. The standard InChI is InChI=1S/C24H21F4N5O5/c25-16-10-13(31-12-14(38-24(31)37)3-4-18(34)21(27)28)11-17(26)20(16)30-6-8-32-22(35)15-2-1-5-29-19(15)23(36)33(32)9-7-30/h1-2,5,10-11,14,21H,3-4,6-9,12H2/t14-/m0/s1. The lowest BCUT2D eigenvalue weighted by atomic mass is 10.1. The molecule has 4 heterocycles. The van der Waals surface area contributed by atoms with Crippen LogP contribution in [0.4, 0.5) is 33.7 Å². The van der Waals surface area contributed by atoms with Crippen molar-refractivity contribution < 1.29 is 31.9 Å². The van der Waals surface area contributed by atoms with Gasteiger partial charge in [-0.25, -0.2) is 31.7 Å². The lowest BCUT2D eigenvalue weighted by molar-refractivity contribution is -0.129. The number of carbonyl (C=O) groups is 2. The second-order valence-corrected chi connectivity index (χ2v) is 8.92. The Morgan fingerprint density at radius 1 is 1.03 bits per heavy atom. The van der Waals surface area contributed by atoms with Gasteiger partial charge in [-0.1, -0.05) is 0 Å². The van der Waals surface area contributed by atoms with E-state index in [1.807, 2.05) is 0 Å². The van der Waals surface area contributed by atoms with Crippen molar-refractivity contribution in [1.82, 2.24) is 14.3 Å². The van der Waals surface area contributed by atoms with E-state index in [-0.39, 0.29) is 55.7 Å². The van der Waals surface area contributed by atoms with Gasteiger partial charge in [-0.3, -0.25) is 24.3 Å². The molecule has 1 amide bonds. The van der Waals surface area contributed by atoms with Gasteiger partial charge in [0.05, 0.1) is 30.7 Å². The molecule has 14 heteroatoms. The molecule has 0 unspecified atom stereocenters. The molecular weight excluding hydrogens is 514 g/mol. The number of cyclic esters (lactones) is 1. The van der Waals surface area contributed by atoms with Crippen LogP contribution in [-0.4, -0.2) is 58.4 Å². The number of carbonyl (C=O) groups excluding carboxylic acids is 2. The zero-order valence-corrected chi connectivity index (χ0v) is 19.8. The Morgan fingerprint density at radius 2 is 1.68 bits per heavy atom. The summed E-state index contributed by atoms with van der Waals surface area (Å²) in [5.41, 5.74) is -1.45. The molecular formula is C24H21F4N5O5. The molecule has 2 aromatic heterocycles. The number of alkyl halides is 2. The van der Waals surface area contributed by atoms with E-state index in [9.17, 15) is 28.0 Å². The van der Waals surface area contributed by atoms with E-state index < -0.39 is 59.3 Å². The number of hydrogen-bond donors (Lipinski definition) is 0. The van der Waals surface area contributed by atoms with E-state index in [1.165, 1.54) is 32.6 Å². The highest BCUT2D eigenvalue weighted by atomic mass is 19.3. The van der Waals surface area contributed by atoms with E-state index >= 15 is 8.78 Å². The molecule has 0 N–H and O–H groups in total. The number of ether oxygens (including phenoxy) is 1. The average molecular weight is 535 g/mol. The maximum Gasteiger partial charge on any atom is 0.414 e. The quantitative estimate of drug-likeness (QED) is 0.446. The van der Waals surface area contributed by atoms with Crippen molar-refractivity contribution in [1.29, 1.82) is 0 Å². The lowest BCUT2D eigenvalue weighted by Crippen LogP contribution is -2.39. The van der Waals surface area contributed by atoms with E-state index in [4.69, 9.17) is 4.74 Å². The molecule has 0 spiro atoms. The fraction of sp³-hybridized carbons (Fsp3) is 0.375. The summed E-state index contributed by atoms with van der Waals surface area (Å²) in [4.78, 5) is 55.5. The number of anilines is 2. The number of Topliss-reactive ketones (excluding diaryl/α,β-unsaturated/α-hetero) is 1. The molecule has 200 valence electrons. The van der Waals surface area contributed by atoms with Crippen molar-refractivity contribution in [2.75, 3.05) is 29.4 Å². The molecule has 2 aliphatic rings. The number of pyridine rings is 1. The minimum Gasteiger partial charge on any atom is -0.444 e. The van der Waals surface area contributed by atoms with Gasteiger partial charge in [0.1, 0.15) is 17.3 Å². The van der Waals surface area contributed by atoms with Crippen molar-refractivity contribution >= 4 is 34.2 Å². The third-order valence-corrected chi connectivity index (χ3v) is 6.62. The lowest BCUT2D eigenvalue weighted by Gasteiger charge is -2.24. The Bertz CT molecular complexity index is 1470. The Kier molecular flexibility index (Phi) is 6.63. The number of amides is 1. The van der Waals surface area contributed by atoms with Crippen molar-refractivity contribution in [3.8, 4) is 0 Å². The topological polar surface area (TPSA) is 107 Å². The fourth-order valence-electron chi connectivity index (χ4n) is 4.74. The molecule has 1 fully saturated rings. The predicted molar refractivity (Wildman–Crippen MR) is 127 cm³/mol. The summed E-state index contributed by atoms with van der Waals surface area (Å²) in [7, 11) is 0. The van der Waals surface area contributed by atoms with Crippen molar-refractivity contribution in [2.45, 2.75) is 38.5 Å². The van der Waals surface area contributed by atoms with Crippen molar-refractivity contribution in [2.24, 2.45) is 0 Å². The molecule has 0 radical (unpaired) electrons. The molecule has 5 rings (SSSR count). The molecule has 2 aliphatic heterocycles. The summed E-state index contributed by atoms with van der Waals surface area (Å²) in [6.45, 7) is -0.184. The minimum absolute atomic E-state index is 0.0108. The van der Waals surface area contributed by atoms with Crippen LogP contribution in [0.3, 0.4) is 0 Å². The Labute approximate surface area is 211 Å². The first-order chi connectivity index (χ1) is 18.2. The van der Waals surface area contributed by atoms with Crippen LogP contribution >= 0.6 is 0 Å². The smallest absolute Gasteiger partial charge is 0.414 e. The molecule has 0 aliphatic carbocycles. The number of rotatable bonds is 6. The third-order valence-electron chi connectivity index (χ3n) is 6.62. The number of benzene rings is 1. The zero-order chi connectivity index (χ0) is 27.1. The second-order valence-electron chi connectivity index (χ2n) is 8.92. The second kappa shape index (κ2) is 9.91. The summed E-state index contributed by atoms with van der Waals surface area (Å²) >= 11 is 0. The number of hydrogen-bond acceptors (Lipinski definition) is 7. The van der Waals surface area contributed by atoms with Gasteiger partial charge >= 0.3 is 6.09 Å². The molecule has 1 aromatic carbocycles. The largest absolute Gasteiger partial charge is 0.444 e. The van der Waals surface area contributed by atoms with Crippen LogP contribution in [0, 0.1) is 11.6 Å². The molecule has 1 atom stereocenters. The normalized spacial score (nSPS) is 17.6. The predicted octanol–water partition coefficient (Wildman–Crippen LogP) is 2.30. The summed E-state index contributed by atoms with van der Waals surface area (Å²) in [6, 6.07) is 4.92. The van der Waals surface area contributed by atoms with Crippen LogP contribution < -0.4 is 20.9 Å². The van der Waals surface area contributed by atoms with Crippen LogP contribution in [0.2, 0.25) is 0 Å². The summed E-state index contributed by atoms with van der Waals surface area (Å²) in [6.07, 6.45) is -4.18. The number of nitrogens with zero attached hydrogens (tertiary/aromatic N) is 5. The highest BCUT2D eigenvalue weighted by molar-refractivity contribution is 5.90. The first-order valence-corrected chi connectivity index (χ1v) is 11.8. The maximum atomic E-state index is 15.2. The van der Waals surface area contributed by atoms with Gasteiger partial charge in [-0.05, 0) is 18.6 Å². The van der Waals surface area contributed by atoms with E-state index in [2.05, 4.69) is 4.98 Å². The average Bonchev–Trinajstić information content (AvgIpc) is 3.12. The fourth-order valence-corrected chi connectivity index (χ4v) is 4.74. The van der Waals surface area contributed by atoms with Gasteiger partial charge in [-0.15, -0.1) is 0 Å². The molecule has 0 bridgehead atoms. The minimum atomic E-state index is -3.13. The summed E-state index contributed by atoms with van der Waals surface area (Å²) < 4.78 is 62.8. The first-order valence-electron chi connectivity index (χ1n) is 11.8. The molecule has 10 nitrogen and oxygen atoms in total. The highest BCUT2D eigenvalue weighted by Gasteiger charge is 2.34. The van der Waals surface area contributed by atoms with Crippen LogP contribution in [0.5, 0.6) is 0 Å². The first kappa shape index (κ1) is 25.4. The summed E-state index contributed by atoms with van der Waals surface area (Å²) in [5.74, 6) is -3.25. The highest BCUT2D eigenvalue weighted by Crippen LogP contribution is 2.32. The Hall–Kier alpha value is -4.23. The molecule has 38 heavy (non-hydrogen) atoms. The van der Waals surface area contributed by atoms with Gasteiger partial charge in [0.25, 0.3) is 17.5 Å². The van der Waals surface area contributed by atoms with Crippen molar-refractivity contribution in [3.05, 3.63) is 62.8 Å². The number of fused-ring (bicyclic) bond motifs is 2. The van der Waals surface area contributed by atoms with E-state index in [1.54, 1.807) is 0 Å². The van der Waals surface area contributed by atoms with Gasteiger partial charge in [0.2, 0.25) is 0 Å². The van der Waals surface area contributed by atoms with Gasteiger partial charge in [0, 0.05) is 37.8 Å². The van der Waals surface area contributed by atoms with Crippen LogP contribution in [0.25, 0.3) is 10.9 Å². The third kappa shape index (κ3) is 4.50. The van der Waals surface area contributed by atoms with Gasteiger partial charge < -0.3 is 9.64 Å². The maximum absolute atomic E-state index is 15.2. The molecule has 3 aromatic rings. The number of ketones is 1. The summed E-state index contributed by atoms with van der Waals surface area (Å²) in [5, 5.41) is 0.151. The van der Waals surface area contributed by atoms with Gasteiger partial charge in [0.15, 0.2) is 17.4 Å². The number of aromatic nitrogens is 3. The van der Waals surface area contributed by atoms with E-state index in [0.717, 1.165) is 17.0 Å². The zero-order valence-electron chi connectivity index (χ0n) is 19.8. The SMILES string of the molecule is O=C(CC[C@H]1CN(c2cc(F)c(N3CCn4c(=O)c5cccnc5c(=O)n4CC3)c(F)c2)C(=O)O1)C(F)F. The van der Waals surface area contributed by atoms with Crippen LogP contribution in [0.1, 0.15) is 12.8 Å². The molecule has 0 saturated carbocycles. The van der Waals surface area contributed by atoms with Crippen LogP contribution in [-0.2, 0) is 22.6 Å². The Morgan fingerprint density at radius 3 is 2.34 bits per heavy atom. The van der Waals surface area contributed by atoms with Crippen molar-refractivity contribution in [3.63, 3.8) is 0 Å². The van der Waals surface area contributed by atoms with Crippen LogP contribution in [0.15, 0.2) is 40.1 Å².